The van der Waals surface area contributed by atoms with E-state index in [0.29, 0.717) is 0 Å². The van der Waals surface area contributed by atoms with Crippen molar-refractivity contribution in [2.75, 3.05) is 13.1 Å². The number of nitrogens with zero attached hydrogens (tertiary/aromatic N) is 3. The summed E-state index contributed by atoms with van der Waals surface area (Å²) in [4.78, 5) is 24.0. The summed E-state index contributed by atoms with van der Waals surface area (Å²) in [6.45, 7) is 8.95. The van der Waals surface area contributed by atoms with Gasteiger partial charge in [0.1, 0.15) is 6.04 Å². The van der Waals surface area contributed by atoms with Gasteiger partial charge in [0.2, 0.25) is 5.91 Å². The van der Waals surface area contributed by atoms with Crippen molar-refractivity contribution in [1.82, 2.24) is 30.9 Å². The van der Waals surface area contributed by atoms with E-state index in [9.17, 15) is 9.59 Å². The summed E-state index contributed by atoms with van der Waals surface area (Å²) in [7, 11) is 0. The first-order valence-electron chi connectivity index (χ1n) is 7.02. The second-order valence-corrected chi connectivity index (χ2v) is 6.33. The topological polar surface area (TPSA) is 101 Å². The molecule has 1 atom stereocenters. The highest BCUT2D eigenvalue weighted by Crippen LogP contribution is 2.09. The molecule has 0 bridgehead atoms. The summed E-state index contributed by atoms with van der Waals surface area (Å²) in [6, 6.07) is -0.382. The number of hydrogen-bond acceptors (Lipinski definition) is 5. The first-order valence-corrected chi connectivity index (χ1v) is 7.02. The van der Waals surface area contributed by atoms with Crippen LogP contribution >= 0.6 is 0 Å². The van der Waals surface area contributed by atoms with Crippen LogP contribution in [0.1, 0.15) is 44.2 Å². The molecule has 8 nitrogen and oxygen atoms in total. The molecule has 3 N–H and O–H groups in total. The van der Waals surface area contributed by atoms with Crippen LogP contribution in [0.4, 0.5) is 0 Å². The van der Waals surface area contributed by atoms with Crippen molar-refractivity contribution in [2.24, 2.45) is 0 Å². The second kappa shape index (κ2) is 5.80. The molecule has 0 radical (unpaired) electrons. The van der Waals surface area contributed by atoms with E-state index in [1.165, 1.54) is 0 Å². The highest BCUT2D eigenvalue weighted by Gasteiger charge is 2.24. The standard InChI is InChI=1S/C13H22N6O2/c1-8(11(20)16-13(2,3)4)15-12(21)10-7-19(18-17-10)9-5-14-6-9/h7-9,14H,5-6H2,1-4H3,(H,15,21)(H,16,20). The van der Waals surface area contributed by atoms with E-state index < -0.39 is 11.9 Å². The molecule has 1 saturated heterocycles. The molecule has 1 aliphatic heterocycles. The zero-order valence-electron chi connectivity index (χ0n) is 12.8. The number of aromatic nitrogens is 3. The van der Waals surface area contributed by atoms with Crippen LogP contribution < -0.4 is 16.0 Å². The Kier molecular flexibility index (Phi) is 4.26. The van der Waals surface area contributed by atoms with Gasteiger partial charge in [-0.15, -0.1) is 5.10 Å². The Labute approximate surface area is 123 Å². The molecule has 1 aliphatic rings. The van der Waals surface area contributed by atoms with Crippen LogP contribution in [-0.4, -0.2) is 51.5 Å². The molecule has 8 heteroatoms. The lowest BCUT2D eigenvalue weighted by molar-refractivity contribution is -0.124. The summed E-state index contributed by atoms with van der Waals surface area (Å²) in [6.07, 6.45) is 1.61. The molecule has 2 heterocycles. The molecule has 0 aromatic carbocycles. The van der Waals surface area contributed by atoms with Crippen molar-refractivity contribution >= 4 is 11.8 Å². The Morgan fingerprint density at radius 3 is 2.62 bits per heavy atom. The smallest absolute Gasteiger partial charge is 0.274 e. The summed E-state index contributed by atoms with van der Waals surface area (Å²) in [5.41, 5.74) is -0.117. The maximum atomic E-state index is 12.0. The first-order chi connectivity index (χ1) is 9.76. The van der Waals surface area contributed by atoms with Crippen molar-refractivity contribution in [3.8, 4) is 0 Å². The molecule has 116 valence electrons. The van der Waals surface area contributed by atoms with Crippen molar-refractivity contribution in [3.63, 3.8) is 0 Å². The lowest BCUT2D eigenvalue weighted by Crippen LogP contribution is -2.50. The minimum atomic E-state index is -0.632. The van der Waals surface area contributed by atoms with Crippen LogP contribution in [0.2, 0.25) is 0 Å². The monoisotopic (exact) mass is 294 g/mol. The third-order valence-corrected chi connectivity index (χ3v) is 3.12. The first kappa shape index (κ1) is 15.4. The van der Waals surface area contributed by atoms with Crippen LogP contribution in [0, 0.1) is 0 Å². The van der Waals surface area contributed by atoms with E-state index in [1.54, 1.807) is 17.8 Å². The van der Waals surface area contributed by atoms with Crippen LogP contribution in [0.25, 0.3) is 0 Å². The van der Waals surface area contributed by atoms with Crippen LogP contribution in [-0.2, 0) is 4.79 Å². The fraction of sp³-hybridized carbons (Fsp3) is 0.692. The third kappa shape index (κ3) is 4.01. The molecule has 0 saturated carbocycles. The second-order valence-electron chi connectivity index (χ2n) is 6.33. The maximum absolute atomic E-state index is 12.0. The molecule has 1 aromatic heterocycles. The SMILES string of the molecule is CC(NC(=O)c1cn(C2CNC2)nn1)C(=O)NC(C)(C)C. The molecule has 0 spiro atoms. The van der Waals surface area contributed by atoms with E-state index in [4.69, 9.17) is 0 Å². The largest absolute Gasteiger partial charge is 0.350 e. The Balaban J connectivity index is 1.91. The fourth-order valence-corrected chi connectivity index (χ4v) is 1.83. The van der Waals surface area contributed by atoms with Crippen molar-refractivity contribution in [2.45, 2.75) is 45.3 Å². The van der Waals surface area contributed by atoms with Crippen LogP contribution in [0.5, 0.6) is 0 Å². The van der Waals surface area contributed by atoms with Gasteiger partial charge in [-0.3, -0.25) is 9.59 Å². The number of rotatable bonds is 4. The zero-order valence-corrected chi connectivity index (χ0v) is 12.8. The van der Waals surface area contributed by atoms with Crippen LogP contribution in [0.15, 0.2) is 6.20 Å². The number of carbonyl (C=O) groups is 2. The van der Waals surface area contributed by atoms with Gasteiger partial charge in [-0.25, -0.2) is 4.68 Å². The summed E-state index contributed by atoms with van der Waals surface area (Å²) in [5.74, 6) is -0.628. The molecule has 2 rings (SSSR count). The minimum absolute atomic E-state index is 0.220. The van der Waals surface area contributed by atoms with Gasteiger partial charge >= 0.3 is 0 Å². The van der Waals surface area contributed by atoms with Crippen molar-refractivity contribution in [1.29, 1.82) is 0 Å². The summed E-state index contributed by atoms with van der Waals surface area (Å²) >= 11 is 0. The zero-order chi connectivity index (χ0) is 15.6. The Morgan fingerprint density at radius 2 is 2.10 bits per heavy atom. The van der Waals surface area contributed by atoms with Gasteiger partial charge in [-0.2, -0.15) is 0 Å². The Hall–Kier alpha value is -1.96. The average Bonchev–Trinajstić information content (AvgIpc) is 2.73. The minimum Gasteiger partial charge on any atom is -0.350 e. The van der Waals surface area contributed by atoms with Crippen molar-refractivity contribution in [3.05, 3.63) is 11.9 Å². The molecule has 1 aromatic rings. The van der Waals surface area contributed by atoms with Gasteiger partial charge in [0.25, 0.3) is 5.91 Å². The Morgan fingerprint density at radius 1 is 1.43 bits per heavy atom. The molecule has 21 heavy (non-hydrogen) atoms. The molecule has 2 amide bonds. The lowest BCUT2D eigenvalue weighted by Gasteiger charge is -2.26. The van der Waals surface area contributed by atoms with E-state index in [1.807, 2.05) is 20.8 Å². The van der Waals surface area contributed by atoms with Gasteiger partial charge in [0.15, 0.2) is 5.69 Å². The van der Waals surface area contributed by atoms with Gasteiger partial charge in [-0.1, -0.05) is 5.21 Å². The number of amides is 2. The number of nitrogens with one attached hydrogen (secondary N) is 3. The predicted octanol–water partition coefficient (Wildman–Crippen LogP) is -0.545. The Bertz CT molecular complexity index is 529. The van der Waals surface area contributed by atoms with E-state index >= 15 is 0 Å². The van der Waals surface area contributed by atoms with E-state index in [-0.39, 0.29) is 23.2 Å². The van der Waals surface area contributed by atoms with E-state index in [0.717, 1.165) is 13.1 Å². The number of carbonyl (C=O) groups excluding carboxylic acids is 2. The van der Waals surface area contributed by atoms with Gasteiger partial charge < -0.3 is 16.0 Å². The highest BCUT2D eigenvalue weighted by atomic mass is 16.2. The normalized spacial score (nSPS) is 17.0. The molecule has 0 aliphatic carbocycles. The lowest BCUT2D eigenvalue weighted by atomic mass is 10.1. The quantitative estimate of drug-likeness (QED) is 0.692. The molecular formula is C13H22N6O2. The van der Waals surface area contributed by atoms with Crippen LogP contribution in [0.3, 0.4) is 0 Å². The molecular weight excluding hydrogens is 272 g/mol. The average molecular weight is 294 g/mol. The summed E-state index contributed by atoms with van der Waals surface area (Å²) < 4.78 is 1.67. The number of hydrogen-bond donors (Lipinski definition) is 3. The third-order valence-electron chi connectivity index (χ3n) is 3.12. The fourth-order valence-electron chi connectivity index (χ4n) is 1.83. The predicted molar refractivity (Wildman–Crippen MR) is 76.8 cm³/mol. The molecule has 1 unspecified atom stereocenters. The van der Waals surface area contributed by atoms with Gasteiger partial charge in [-0.05, 0) is 27.7 Å². The highest BCUT2D eigenvalue weighted by molar-refractivity contribution is 5.95. The van der Waals surface area contributed by atoms with Crippen molar-refractivity contribution < 1.29 is 9.59 Å². The maximum Gasteiger partial charge on any atom is 0.274 e. The van der Waals surface area contributed by atoms with Gasteiger partial charge in [0.05, 0.1) is 12.2 Å². The molecule has 1 fully saturated rings. The van der Waals surface area contributed by atoms with Gasteiger partial charge in [0, 0.05) is 18.6 Å². The summed E-state index contributed by atoms with van der Waals surface area (Å²) in [5, 5.41) is 16.3. The van der Waals surface area contributed by atoms with E-state index in [2.05, 4.69) is 26.3 Å².